The summed E-state index contributed by atoms with van der Waals surface area (Å²) < 4.78 is 10.2. The number of ketones is 1. The Morgan fingerprint density at radius 3 is 2.54 bits per heavy atom. The lowest BCUT2D eigenvalue weighted by Crippen LogP contribution is -2.32. The molecule has 3 aromatic rings. The summed E-state index contributed by atoms with van der Waals surface area (Å²) in [5.41, 5.74) is 1.83. The number of aliphatic hydroxyl groups excluding tert-OH is 1. The lowest BCUT2D eigenvalue weighted by atomic mass is 9.94. The fourth-order valence-corrected chi connectivity index (χ4v) is 5.18. The third kappa shape index (κ3) is 4.65. The van der Waals surface area contributed by atoms with E-state index in [9.17, 15) is 19.8 Å². The second-order valence-electron chi connectivity index (χ2n) is 8.07. The van der Waals surface area contributed by atoms with Crippen molar-refractivity contribution in [2.45, 2.75) is 19.4 Å². The molecule has 0 saturated heterocycles. The number of aliphatic hydroxyl groups is 1. The Kier molecular flexibility index (Phi) is 7.18. The average Bonchev–Trinajstić information content (AvgIpc) is 3.37. The number of Topliss-reactive ketones (excluding diaryl/α,β-unsaturated/α-hetero) is 1. The van der Waals surface area contributed by atoms with Crippen LogP contribution in [0.2, 0.25) is 0 Å². The highest BCUT2D eigenvalue weighted by Crippen LogP contribution is 2.42. The second kappa shape index (κ2) is 10.3. The summed E-state index contributed by atoms with van der Waals surface area (Å²) in [5, 5.41) is 21.9. The van der Waals surface area contributed by atoms with E-state index < -0.39 is 23.5 Å². The molecule has 8 nitrogen and oxygen atoms in total. The minimum Gasteiger partial charge on any atom is -0.504 e. The largest absolute Gasteiger partial charge is 0.504 e. The second-order valence-corrected chi connectivity index (χ2v) is 9.07. The Labute approximate surface area is 207 Å². The summed E-state index contributed by atoms with van der Waals surface area (Å²) in [4.78, 5) is 33.2. The topological polar surface area (TPSA) is 109 Å². The number of nitrogens with zero attached hydrogens (tertiary/aromatic N) is 2. The normalized spacial score (nSPS) is 15.7. The van der Waals surface area contributed by atoms with Crippen LogP contribution in [0.25, 0.3) is 10.6 Å². The molecule has 1 aliphatic rings. The molecule has 182 valence electrons. The van der Waals surface area contributed by atoms with E-state index in [1.807, 2.05) is 30.3 Å². The quantitative estimate of drug-likeness (QED) is 0.334. The third-order valence-corrected chi connectivity index (χ3v) is 7.04. The van der Waals surface area contributed by atoms with Gasteiger partial charge in [-0.25, -0.2) is 4.98 Å². The number of carbonyl (C=O) groups excluding carboxylic acids is 2. The molecule has 2 heterocycles. The van der Waals surface area contributed by atoms with Gasteiger partial charge in [0.05, 0.1) is 29.3 Å². The van der Waals surface area contributed by atoms with Crippen LogP contribution in [-0.2, 0) is 9.53 Å². The maximum Gasteiger partial charge on any atom is 0.290 e. The Balaban J connectivity index is 1.77. The number of rotatable bonds is 9. The number of aromatic hydroxyl groups is 1. The fourth-order valence-electron chi connectivity index (χ4n) is 4.15. The zero-order chi connectivity index (χ0) is 25.1. The predicted octanol–water partition coefficient (Wildman–Crippen LogP) is 4.45. The number of aryl methyl sites for hydroxylation is 1. The van der Waals surface area contributed by atoms with Gasteiger partial charge in [0.1, 0.15) is 5.01 Å². The van der Waals surface area contributed by atoms with Crippen LogP contribution in [0, 0.1) is 6.92 Å². The highest BCUT2D eigenvalue weighted by Gasteiger charge is 2.44. The third-order valence-electron chi connectivity index (χ3n) is 5.84. The summed E-state index contributed by atoms with van der Waals surface area (Å²) in [6.45, 7) is 2.39. The Morgan fingerprint density at radius 1 is 1.14 bits per heavy atom. The lowest BCUT2D eigenvalue weighted by molar-refractivity contribution is -0.129. The summed E-state index contributed by atoms with van der Waals surface area (Å²) >= 11 is 1.21. The van der Waals surface area contributed by atoms with Crippen molar-refractivity contribution in [3.8, 4) is 22.1 Å². The Hall–Kier alpha value is -3.69. The first kappa shape index (κ1) is 24.4. The van der Waals surface area contributed by atoms with Crippen molar-refractivity contribution in [1.82, 2.24) is 9.88 Å². The Morgan fingerprint density at radius 2 is 1.89 bits per heavy atom. The molecule has 2 N–H and O–H groups in total. The number of hydrogen-bond acceptors (Lipinski definition) is 8. The van der Waals surface area contributed by atoms with Crippen LogP contribution in [0.3, 0.4) is 0 Å². The van der Waals surface area contributed by atoms with Crippen molar-refractivity contribution >= 4 is 23.0 Å². The van der Waals surface area contributed by atoms with E-state index in [0.29, 0.717) is 34.2 Å². The van der Waals surface area contributed by atoms with Crippen LogP contribution < -0.4 is 4.74 Å². The van der Waals surface area contributed by atoms with Gasteiger partial charge in [0.15, 0.2) is 17.3 Å². The molecule has 2 aromatic carbocycles. The van der Waals surface area contributed by atoms with E-state index in [2.05, 4.69) is 4.98 Å². The molecule has 1 unspecified atom stereocenters. The highest BCUT2D eigenvalue weighted by molar-refractivity contribution is 7.17. The van der Waals surface area contributed by atoms with Crippen LogP contribution in [0.4, 0.5) is 0 Å². The first-order valence-corrected chi connectivity index (χ1v) is 11.9. The van der Waals surface area contributed by atoms with Gasteiger partial charge in [0.2, 0.25) is 5.78 Å². The molecule has 0 saturated carbocycles. The molecule has 0 aliphatic carbocycles. The molecular weight excluding hydrogens is 468 g/mol. The van der Waals surface area contributed by atoms with Crippen LogP contribution in [-0.4, -0.2) is 59.2 Å². The van der Waals surface area contributed by atoms with Crippen LogP contribution in [0.15, 0.2) is 59.9 Å². The number of thiazole rings is 1. The molecule has 1 amide bonds. The SMILES string of the molecule is COCCCN1C(=O)C(O)=C(C(=O)c2sc(-c3ccccc3)nc2C)C1c1ccc(OC)c(O)c1. The van der Waals surface area contributed by atoms with Crippen LogP contribution in [0.1, 0.15) is 33.4 Å². The lowest BCUT2D eigenvalue weighted by Gasteiger charge is -2.27. The van der Waals surface area contributed by atoms with Gasteiger partial charge in [-0.2, -0.15) is 0 Å². The molecule has 35 heavy (non-hydrogen) atoms. The molecule has 1 aromatic heterocycles. The van der Waals surface area contributed by atoms with Crippen LogP contribution in [0.5, 0.6) is 11.5 Å². The average molecular weight is 495 g/mol. The van der Waals surface area contributed by atoms with Gasteiger partial charge in [-0.3, -0.25) is 9.59 Å². The number of ether oxygens (including phenoxy) is 2. The van der Waals surface area contributed by atoms with Gasteiger partial charge in [0.25, 0.3) is 5.91 Å². The minimum atomic E-state index is -0.884. The molecule has 0 bridgehead atoms. The van der Waals surface area contributed by atoms with Crippen molar-refractivity contribution in [2.75, 3.05) is 27.4 Å². The molecule has 0 radical (unpaired) electrons. The molecule has 1 aliphatic heterocycles. The van der Waals surface area contributed by atoms with Gasteiger partial charge in [-0.15, -0.1) is 11.3 Å². The van der Waals surface area contributed by atoms with Crippen LogP contribution >= 0.6 is 11.3 Å². The van der Waals surface area contributed by atoms with Crippen molar-refractivity contribution in [3.63, 3.8) is 0 Å². The summed E-state index contributed by atoms with van der Waals surface area (Å²) in [5.74, 6) is -1.58. The van der Waals surface area contributed by atoms with Crippen molar-refractivity contribution in [2.24, 2.45) is 0 Å². The van der Waals surface area contributed by atoms with Gasteiger partial charge >= 0.3 is 0 Å². The molecule has 0 fully saturated rings. The van der Waals surface area contributed by atoms with E-state index in [0.717, 1.165) is 5.56 Å². The number of methoxy groups -OCH3 is 2. The molecular formula is C26H26N2O6S. The number of phenolic OH excluding ortho intramolecular Hbond substituents is 1. The summed E-state index contributed by atoms with van der Waals surface area (Å²) in [6, 6.07) is 13.3. The molecule has 1 atom stereocenters. The summed E-state index contributed by atoms with van der Waals surface area (Å²) in [6.07, 6.45) is 0.507. The van der Waals surface area contributed by atoms with Gasteiger partial charge < -0.3 is 24.6 Å². The van der Waals surface area contributed by atoms with Gasteiger partial charge in [0, 0.05) is 25.8 Å². The first-order valence-electron chi connectivity index (χ1n) is 11.0. The molecule has 4 rings (SSSR count). The number of phenols is 1. The highest BCUT2D eigenvalue weighted by atomic mass is 32.1. The van der Waals surface area contributed by atoms with Gasteiger partial charge in [-0.1, -0.05) is 36.4 Å². The number of aromatic nitrogens is 1. The monoisotopic (exact) mass is 494 g/mol. The van der Waals surface area contributed by atoms with E-state index in [4.69, 9.17) is 9.47 Å². The first-order chi connectivity index (χ1) is 16.9. The van der Waals surface area contributed by atoms with Crippen molar-refractivity contribution in [1.29, 1.82) is 0 Å². The van der Waals surface area contributed by atoms with Crippen molar-refractivity contribution < 1.29 is 29.3 Å². The smallest absolute Gasteiger partial charge is 0.290 e. The van der Waals surface area contributed by atoms with E-state index in [1.165, 1.54) is 29.4 Å². The maximum absolute atomic E-state index is 13.8. The van der Waals surface area contributed by atoms with Gasteiger partial charge in [-0.05, 0) is 31.0 Å². The van der Waals surface area contributed by atoms with E-state index in [1.54, 1.807) is 26.2 Å². The number of carbonyl (C=O) groups is 2. The Bertz CT molecular complexity index is 1280. The van der Waals surface area contributed by atoms with Crippen molar-refractivity contribution in [3.05, 3.63) is 76.0 Å². The minimum absolute atomic E-state index is 0.0386. The number of benzene rings is 2. The molecule has 9 heteroatoms. The summed E-state index contributed by atoms with van der Waals surface area (Å²) in [7, 11) is 2.99. The maximum atomic E-state index is 13.8. The zero-order valence-corrected chi connectivity index (χ0v) is 20.5. The fraction of sp³-hybridized carbons (Fsp3) is 0.269. The molecule has 0 spiro atoms. The predicted molar refractivity (Wildman–Crippen MR) is 132 cm³/mol. The van der Waals surface area contributed by atoms with E-state index >= 15 is 0 Å². The number of amides is 1. The standard InChI is InChI=1S/C26H26N2O6S/c1-15-24(35-25(27-15)16-8-5-4-6-9-16)22(30)20-21(17-10-11-19(34-3)18(29)14-17)28(12-7-13-33-2)26(32)23(20)31/h4-6,8-11,14,21,29,31H,7,12-13H2,1-3H3. The van der Waals surface area contributed by atoms with E-state index in [-0.39, 0.29) is 23.6 Å². The number of hydrogen-bond donors (Lipinski definition) is 2. The zero-order valence-electron chi connectivity index (χ0n) is 19.6.